The lowest BCUT2D eigenvalue weighted by Gasteiger charge is -2.04. The fourth-order valence-electron chi connectivity index (χ4n) is 2.16. The Bertz CT molecular complexity index is 972. The monoisotopic (exact) mass is 282 g/mol. The van der Waals surface area contributed by atoms with Crippen molar-refractivity contribution >= 4 is 33.8 Å². The lowest BCUT2D eigenvalue weighted by Crippen LogP contribution is -2.13. The Kier molecular flexibility index (Phi) is 2.72. The van der Waals surface area contributed by atoms with E-state index in [9.17, 15) is 14.4 Å². The van der Waals surface area contributed by atoms with Gasteiger partial charge in [0, 0.05) is 11.1 Å². The van der Waals surface area contributed by atoms with Crippen molar-refractivity contribution in [3.05, 3.63) is 57.7 Å². The molecular formula is C15H10N2O4. The minimum atomic E-state index is -0.625. The van der Waals surface area contributed by atoms with Gasteiger partial charge < -0.3 is 15.9 Å². The van der Waals surface area contributed by atoms with Crippen LogP contribution in [0.5, 0.6) is 0 Å². The normalized spacial score (nSPS) is 10.9. The summed E-state index contributed by atoms with van der Waals surface area (Å²) in [6.45, 7) is 0. The lowest BCUT2D eigenvalue weighted by molar-refractivity contribution is 0.0992. The minimum absolute atomic E-state index is 0.225. The standard InChI is InChI=1S/C15H10N2O4/c16-14(19)7-2-4-11-10(5-7)13(18)9-3-1-8(15(17)20)6-12(9)21-11/h1-6H,(H2,16,19)(H2,17,20). The van der Waals surface area contributed by atoms with Crippen molar-refractivity contribution in [1.82, 2.24) is 0 Å². The first-order valence-electron chi connectivity index (χ1n) is 6.07. The highest BCUT2D eigenvalue weighted by Crippen LogP contribution is 2.20. The number of hydrogen-bond donors (Lipinski definition) is 2. The van der Waals surface area contributed by atoms with E-state index in [4.69, 9.17) is 15.9 Å². The summed E-state index contributed by atoms with van der Waals surface area (Å²) in [7, 11) is 0. The number of carbonyl (C=O) groups is 2. The largest absolute Gasteiger partial charge is 0.456 e. The molecule has 6 nitrogen and oxygen atoms in total. The van der Waals surface area contributed by atoms with Gasteiger partial charge in [0.15, 0.2) is 0 Å². The quantitative estimate of drug-likeness (QED) is 0.685. The van der Waals surface area contributed by atoms with E-state index >= 15 is 0 Å². The van der Waals surface area contributed by atoms with Crippen LogP contribution in [0, 0.1) is 0 Å². The number of fused-ring (bicyclic) bond motifs is 2. The Morgan fingerprint density at radius 3 is 2.10 bits per heavy atom. The number of hydrogen-bond acceptors (Lipinski definition) is 4. The summed E-state index contributed by atoms with van der Waals surface area (Å²) in [5.74, 6) is -1.23. The van der Waals surface area contributed by atoms with E-state index in [1.807, 2.05) is 0 Å². The van der Waals surface area contributed by atoms with Gasteiger partial charge in [-0.15, -0.1) is 0 Å². The number of rotatable bonds is 2. The average molecular weight is 282 g/mol. The van der Waals surface area contributed by atoms with Crippen molar-refractivity contribution in [2.45, 2.75) is 0 Å². The zero-order chi connectivity index (χ0) is 15.1. The summed E-state index contributed by atoms with van der Waals surface area (Å²) < 4.78 is 5.59. The van der Waals surface area contributed by atoms with Crippen molar-refractivity contribution in [2.75, 3.05) is 0 Å². The topological polar surface area (TPSA) is 116 Å². The van der Waals surface area contributed by atoms with Gasteiger partial charge in [-0.1, -0.05) is 0 Å². The van der Waals surface area contributed by atoms with Gasteiger partial charge in [-0.2, -0.15) is 0 Å². The molecule has 3 aromatic rings. The molecule has 2 amide bonds. The zero-order valence-electron chi connectivity index (χ0n) is 10.8. The maximum atomic E-state index is 12.4. The number of amides is 2. The van der Waals surface area contributed by atoms with Crippen LogP contribution in [0.15, 0.2) is 45.6 Å². The van der Waals surface area contributed by atoms with E-state index in [0.29, 0.717) is 11.0 Å². The SMILES string of the molecule is NC(=O)c1ccc2c(=O)c3cc(C(N)=O)ccc3oc2c1. The summed E-state index contributed by atoms with van der Waals surface area (Å²) in [4.78, 5) is 34.8. The molecule has 0 aliphatic carbocycles. The molecule has 6 heteroatoms. The van der Waals surface area contributed by atoms with Crippen LogP contribution in [-0.4, -0.2) is 11.8 Å². The first kappa shape index (κ1) is 12.9. The Labute approximate surface area is 117 Å². The highest BCUT2D eigenvalue weighted by molar-refractivity contribution is 6.00. The summed E-state index contributed by atoms with van der Waals surface area (Å²) in [6.07, 6.45) is 0. The Morgan fingerprint density at radius 1 is 0.810 bits per heavy atom. The van der Waals surface area contributed by atoms with Crippen molar-refractivity contribution in [2.24, 2.45) is 11.5 Å². The van der Waals surface area contributed by atoms with E-state index in [2.05, 4.69) is 0 Å². The molecule has 1 aromatic heterocycles. The van der Waals surface area contributed by atoms with Gasteiger partial charge in [0.25, 0.3) is 0 Å². The lowest BCUT2D eigenvalue weighted by atomic mass is 10.1. The van der Waals surface area contributed by atoms with Crippen LogP contribution in [-0.2, 0) is 0 Å². The molecule has 3 rings (SSSR count). The molecule has 0 aliphatic heterocycles. The average Bonchev–Trinajstić information content (AvgIpc) is 2.46. The molecule has 2 aromatic carbocycles. The number of carbonyl (C=O) groups excluding carboxylic acids is 2. The van der Waals surface area contributed by atoms with E-state index in [-0.39, 0.29) is 27.5 Å². The van der Waals surface area contributed by atoms with Crippen LogP contribution in [0.2, 0.25) is 0 Å². The molecule has 4 N–H and O–H groups in total. The molecule has 0 saturated heterocycles. The highest BCUT2D eigenvalue weighted by atomic mass is 16.3. The van der Waals surface area contributed by atoms with Gasteiger partial charge >= 0.3 is 0 Å². The molecular weight excluding hydrogens is 272 g/mol. The van der Waals surface area contributed by atoms with Crippen molar-refractivity contribution in [3.8, 4) is 0 Å². The Balaban J connectivity index is 2.40. The minimum Gasteiger partial charge on any atom is -0.456 e. The third-order valence-electron chi connectivity index (χ3n) is 3.24. The van der Waals surface area contributed by atoms with E-state index in [1.54, 1.807) is 0 Å². The molecule has 0 aliphatic rings. The first-order valence-corrected chi connectivity index (χ1v) is 6.07. The predicted octanol–water partition coefficient (Wildman–Crippen LogP) is 1.14. The molecule has 0 atom stereocenters. The summed E-state index contributed by atoms with van der Waals surface area (Å²) in [5, 5.41) is 0.555. The van der Waals surface area contributed by atoms with Gasteiger partial charge in [-0.25, -0.2) is 0 Å². The van der Waals surface area contributed by atoms with Crippen molar-refractivity contribution < 1.29 is 14.0 Å². The molecule has 0 fully saturated rings. The van der Waals surface area contributed by atoms with Crippen LogP contribution >= 0.6 is 0 Å². The zero-order valence-corrected chi connectivity index (χ0v) is 10.8. The second kappa shape index (κ2) is 4.45. The van der Waals surface area contributed by atoms with Crippen LogP contribution in [0.4, 0.5) is 0 Å². The van der Waals surface area contributed by atoms with Gasteiger partial charge in [-0.3, -0.25) is 14.4 Å². The number of nitrogens with two attached hydrogens (primary N) is 2. The molecule has 0 unspecified atom stereocenters. The summed E-state index contributed by atoms with van der Waals surface area (Å²) >= 11 is 0. The van der Waals surface area contributed by atoms with Crippen LogP contribution in [0.1, 0.15) is 20.7 Å². The van der Waals surface area contributed by atoms with Crippen LogP contribution < -0.4 is 16.9 Å². The second-order valence-corrected chi connectivity index (χ2v) is 4.58. The molecule has 0 spiro atoms. The Hall–Kier alpha value is -3.15. The fraction of sp³-hybridized carbons (Fsp3) is 0. The van der Waals surface area contributed by atoms with E-state index in [0.717, 1.165) is 0 Å². The van der Waals surface area contributed by atoms with Crippen molar-refractivity contribution in [3.63, 3.8) is 0 Å². The second-order valence-electron chi connectivity index (χ2n) is 4.58. The van der Waals surface area contributed by atoms with Gasteiger partial charge in [0.1, 0.15) is 11.2 Å². The van der Waals surface area contributed by atoms with Gasteiger partial charge in [0.05, 0.1) is 10.8 Å². The predicted molar refractivity (Wildman–Crippen MR) is 77.0 cm³/mol. The smallest absolute Gasteiger partial charge is 0.248 e. The van der Waals surface area contributed by atoms with Crippen molar-refractivity contribution in [1.29, 1.82) is 0 Å². The Morgan fingerprint density at radius 2 is 1.43 bits per heavy atom. The molecule has 21 heavy (non-hydrogen) atoms. The first-order chi connectivity index (χ1) is 9.97. The van der Waals surface area contributed by atoms with Crippen LogP contribution in [0.25, 0.3) is 21.9 Å². The van der Waals surface area contributed by atoms with E-state index in [1.165, 1.54) is 36.4 Å². The molecule has 0 radical (unpaired) electrons. The van der Waals surface area contributed by atoms with Gasteiger partial charge in [-0.05, 0) is 36.4 Å². The fourth-order valence-corrected chi connectivity index (χ4v) is 2.16. The molecule has 1 heterocycles. The number of benzene rings is 2. The van der Waals surface area contributed by atoms with E-state index < -0.39 is 11.8 Å². The summed E-state index contributed by atoms with van der Waals surface area (Å²) in [5.41, 5.74) is 11.1. The maximum absolute atomic E-state index is 12.4. The molecule has 104 valence electrons. The highest BCUT2D eigenvalue weighted by Gasteiger charge is 2.11. The van der Waals surface area contributed by atoms with Crippen LogP contribution in [0.3, 0.4) is 0 Å². The third kappa shape index (κ3) is 2.02. The molecule has 0 saturated carbocycles. The summed E-state index contributed by atoms with van der Waals surface area (Å²) in [6, 6.07) is 8.69. The third-order valence-corrected chi connectivity index (χ3v) is 3.24. The van der Waals surface area contributed by atoms with Gasteiger partial charge in [0.2, 0.25) is 17.2 Å². The maximum Gasteiger partial charge on any atom is 0.248 e. The molecule has 0 bridgehead atoms. The number of primary amides is 2.